The molecular formula is C10H15NOS. The van der Waals surface area contributed by atoms with E-state index in [1.54, 1.807) is 11.8 Å². The van der Waals surface area contributed by atoms with Crippen molar-refractivity contribution in [3.05, 3.63) is 29.8 Å². The van der Waals surface area contributed by atoms with Gasteiger partial charge in [0, 0.05) is 11.4 Å². The molecule has 2 nitrogen and oxygen atoms in total. The van der Waals surface area contributed by atoms with Crippen LogP contribution in [0.2, 0.25) is 0 Å². The third-order valence-electron chi connectivity index (χ3n) is 1.80. The fourth-order valence-electron chi connectivity index (χ4n) is 1.04. The van der Waals surface area contributed by atoms with Crippen LogP contribution < -0.4 is 5.73 Å². The lowest BCUT2D eigenvalue weighted by Gasteiger charge is -2.09. The molecule has 0 amide bonds. The van der Waals surface area contributed by atoms with Crippen molar-refractivity contribution in [1.82, 2.24) is 0 Å². The molecule has 0 aromatic heterocycles. The number of hydrogen-bond donors (Lipinski definition) is 2. The van der Waals surface area contributed by atoms with Gasteiger partial charge < -0.3 is 10.8 Å². The quantitative estimate of drug-likeness (QED) is 0.726. The molecule has 72 valence electrons. The summed E-state index contributed by atoms with van der Waals surface area (Å²) in [6.45, 7) is 2.08. The van der Waals surface area contributed by atoms with Gasteiger partial charge in [0.25, 0.3) is 0 Å². The number of nitrogens with two attached hydrogens (primary N) is 1. The molecule has 0 aliphatic heterocycles. The van der Waals surface area contributed by atoms with Gasteiger partial charge in [-0.3, -0.25) is 0 Å². The normalized spacial score (nSPS) is 12.8. The summed E-state index contributed by atoms with van der Waals surface area (Å²) in [4.78, 5) is 0. The van der Waals surface area contributed by atoms with Gasteiger partial charge in [0.15, 0.2) is 0 Å². The Labute approximate surface area is 83.1 Å². The van der Waals surface area contributed by atoms with Crippen LogP contribution >= 0.6 is 11.8 Å². The van der Waals surface area contributed by atoms with Crippen LogP contribution in [0.1, 0.15) is 18.6 Å². The molecule has 0 aliphatic carbocycles. The first-order chi connectivity index (χ1) is 6.24. The molecule has 1 rings (SSSR count). The fraction of sp³-hybridized carbons (Fsp3) is 0.400. The Balaban J connectivity index is 2.55. The van der Waals surface area contributed by atoms with Crippen LogP contribution in [0.3, 0.4) is 0 Å². The van der Waals surface area contributed by atoms with Gasteiger partial charge in [-0.1, -0.05) is 19.1 Å². The maximum Gasteiger partial charge on any atom is 0.0880 e. The number of benzene rings is 1. The smallest absolute Gasteiger partial charge is 0.0880 e. The molecule has 0 saturated carbocycles. The van der Waals surface area contributed by atoms with Gasteiger partial charge in [0.1, 0.15) is 0 Å². The molecule has 1 aromatic rings. The number of nitrogen functional groups attached to an aromatic ring is 1. The minimum absolute atomic E-state index is 0.370. The summed E-state index contributed by atoms with van der Waals surface area (Å²) < 4.78 is 0. The Bertz CT molecular complexity index is 248. The second-order valence-electron chi connectivity index (χ2n) is 2.84. The average Bonchev–Trinajstić information content (AvgIpc) is 2.15. The summed E-state index contributed by atoms with van der Waals surface area (Å²) in [6.07, 6.45) is -0.370. The second-order valence-corrected chi connectivity index (χ2v) is 4.16. The van der Waals surface area contributed by atoms with Crippen molar-refractivity contribution in [3.63, 3.8) is 0 Å². The van der Waals surface area contributed by atoms with Crippen molar-refractivity contribution < 1.29 is 5.11 Å². The van der Waals surface area contributed by atoms with E-state index >= 15 is 0 Å². The first kappa shape index (κ1) is 10.4. The number of anilines is 1. The number of rotatable bonds is 4. The molecule has 0 spiro atoms. The van der Waals surface area contributed by atoms with Crippen LogP contribution in [0.25, 0.3) is 0 Å². The molecule has 0 aliphatic rings. The summed E-state index contributed by atoms with van der Waals surface area (Å²) in [7, 11) is 0. The predicted octanol–water partition coefficient (Wildman–Crippen LogP) is 2.06. The maximum absolute atomic E-state index is 9.68. The molecule has 0 fully saturated rings. The van der Waals surface area contributed by atoms with Gasteiger partial charge >= 0.3 is 0 Å². The molecule has 0 heterocycles. The highest BCUT2D eigenvalue weighted by Gasteiger charge is 2.05. The number of aliphatic hydroxyl groups is 1. The van der Waals surface area contributed by atoms with E-state index in [0.717, 1.165) is 22.8 Å². The van der Waals surface area contributed by atoms with Crippen LogP contribution in [0.4, 0.5) is 5.69 Å². The summed E-state index contributed by atoms with van der Waals surface area (Å²) in [5.74, 6) is 1.78. The van der Waals surface area contributed by atoms with E-state index in [9.17, 15) is 5.11 Å². The summed E-state index contributed by atoms with van der Waals surface area (Å²) in [6, 6.07) is 7.37. The van der Waals surface area contributed by atoms with Gasteiger partial charge in [-0.15, -0.1) is 0 Å². The first-order valence-corrected chi connectivity index (χ1v) is 5.50. The molecule has 3 heteroatoms. The van der Waals surface area contributed by atoms with Gasteiger partial charge in [0.05, 0.1) is 6.10 Å². The molecule has 0 radical (unpaired) electrons. The average molecular weight is 197 g/mol. The van der Waals surface area contributed by atoms with Gasteiger partial charge in [0.2, 0.25) is 0 Å². The van der Waals surface area contributed by atoms with Crippen LogP contribution in [0, 0.1) is 0 Å². The van der Waals surface area contributed by atoms with E-state index in [4.69, 9.17) is 5.73 Å². The number of thioether (sulfide) groups is 1. The minimum atomic E-state index is -0.370. The lowest BCUT2D eigenvalue weighted by Crippen LogP contribution is -2.00. The van der Waals surface area contributed by atoms with Crippen LogP contribution in [-0.2, 0) is 0 Å². The summed E-state index contributed by atoms with van der Waals surface area (Å²) in [5, 5.41) is 9.68. The number of aliphatic hydroxyl groups excluding tert-OH is 1. The van der Waals surface area contributed by atoms with E-state index in [-0.39, 0.29) is 6.10 Å². The molecule has 1 aromatic carbocycles. The summed E-state index contributed by atoms with van der Waals surface area (Å²) >= 11 is 1.73. The van der Waals surface area contributed by atoms with Crippen LogP contribution in [0.5, 0.6) is 0 Å². The lowest BCUT2D eigenvalue weighted by molar-refractivity contribution is 0.204. The van der Waals surface area contributed by atoms with E-state index in [2.05, 4.69) is 6.92 Å². The molecule has 0 saturated heterocycles. The molecule has 3 N–H and O–H groups in total. The fourth-order valence-corrected chi connectivity index (χ4v) is 1.70. The van der Waals surface area contributed by atoms with Gasteiger partial charge in [-0.2, -0.15) is 11.8 Å². The third-order valence-corrected chi connectivity index (χ3v) is 2.76. The molecule has 13 heavy (non-hydrogen) atoms. The Kier molecular flexibility index (Phi) is 4.12. The number of hydrogen-bond acceptors (Lipinski definition) is 3. The van der Waals surface area contributed by atoms with E-state index in [1.807, 2.05) is 24.3 Å². The highest BCUT2D eigenvalue weighted by Crippen LogP contribution is 2.18. The zero-order valence-electron chi connectivity index (χ0n) is 7.73. The summed E-state index contributed by atoms with van der Waals surface area (Å²) in [5.41, 5.74) is 7.22. The zero-order chi connectivity index (χ0) is 9.68. The van der Waals surface area contributed by atoms with Crippen molar-refractivity contribution in [1.29, 1.82) is 0 Å². The second kappa shape index (κ2) is 5.14. The van der Waals surface area contributed by atoms with E-state index < -0.39 is 0 Å². The standard InChI is InChI=1S/C10H15NOS/c1-2-13-7-10(12)8-3-5-9(11)6-4-8/h3-6,10,12H,2,7,11H2,1H3. The molecule has 1 unspecified atom stereocenters. The molecule has 0 bridgehead atoms. The Morgan fingerprint density at radius 3 is 2.54 bits per heavy atom. The predicted molar refractivity (Wildman–Crippen MR) is 58.8 cm³/mol. The first-order valence-electron chi connectivity index (χ1n) is 4.35. The lowest BCUT2D eigenvalue weighted by atomic mass is 10.1. The highest BCUT2D eigenvalue weighted by atomic mass is 32.2. The minimum Gasteiger partial charge on any atom is -0.399 e. The monoisotopic (exact) mass is 197 g/mol. The largest absolute Gasteiger partial charge is 0.399 e. The van der Waals surface area contributed by atoms with Crippen molar-refractivity contribution >= 4 is 17.4 Å². The highest BCUT2D eigenvalue weighted by molar-refractivity contribution is 7.99. The zero-order valence-corrected chi connectivity index (χ0v) is 8.55. The van der Waals surface area contributed by atoms with E-state index in [0.29, 0.717) is 0 Å². The Morgan fingerprint density at radius 1 is 1.38 bits per heavy atom. The maximum atomic E-state index is 9.68. The Morgan fingerprint density at radius 2 is 2.00 bits per heavy atom. The molecule has 1 atom stereocenters. The van der Waals surface area contributed by atoms with Crippen molar-refractivity contribution in [2.24, 2.45) is 0 Å². The van der Waals surface area contributed by atoms with Crippen molar-refractivity contribution in [2.45, 2.75) is 13.0 Å². The molecular weight excluding hydrogens is 182 g/mol. The van der Waals surface area contributed by atoms with Crippen molar-refractivity contribution in [3.8, 4) is 0 Å². The third kappa shape index (κ3) is 3.28. The van der Waals surface area contributed by atoms with Crippen molar-refractivity contribution in [2.75, 3.05) is 17.2 Å². The topological polar surface area (TPSA) is 46.2 Å². The SMILES string of the molecule is CCSCC(O)c1ccc(N)cc1. The van der Waals surface area contributed by atoms with E-state index in [1.165, 1.54) is 0 Å². The van der Waals surface area contributed by atoms with Crippen LogP contribution in [-0.4, -0.2) is 16.6 Å². The van der Waals surface area contributed by atoms with Gasteiger partial charge in [-0.05, 0) is 23.4 Å². The van der Waals surface area contributed by atoms with Gasteiger partial charge in [-0.25, -0.2) is 0 Å². The van der Waals surface area contributed by atoms with Crippen LogP contribution in [0.15, 0.2) is 24.3 Å². The Hall–Kier alpha value is -0.670.